The molecule has 4 atom stereocenters. The lowest BCUT2D eigenvalue weighted by Gasteiger charge is -2.16. The Morgan fingerprint density at radius 2 is 1.83 bits per heavy atom. The number of nitrogens with one attached hydrogen (secondary N) is 1. The van der Waals surface area contributed by atoms with Crippen molar-refractivity contribution in [3.8, 4) is 0 Å². The molecule has 0 aliphatic heterocycles. The first kappa shape index (κ1) is 13.3. The van der Waals surface area contributed by atoms with Gasteiger partial charge < -0.3 is 15.2 Å². The van der Waals surface area contributed by atoms with E-state index in [1.165, 1.54) is 0 Å². The first-order chi connectivity index (χ1) is 8.60. The quantitative estimate of drug-likeness (QED) is 0.790. The zero-order valence-electron chi connectivity index (χ0n) is 10.7. The lowest BCUT2D eigenvalue weighted by atomic mass is 10.0. The molecule has 2 unspecified atom stereocenters. The Labute approximate surface area is 107 Å². The Morgan fingerprint density at radius 1 is 1.11 bits per heavy atom. The highest BCUT2D eigenvalue weighted by molar-refractivity contribution is 5.81. The molecule has 2 aliphatic carbocycles. The molecule has 0 aromatic rings. The number of hydrogen-bond acceptors (Lipinski definition) is 3. The van der Waals surface area contributed by atoms with Crippen molar-refractivity contribution >= 4 is 11.9 Å². The van der Waals surface area contributed by atoms with E-state index in [1.807, 2.05) is 0 Å². The van der Waals surface area contributed by atoms with Gasteiger partial charge >= 0.3 is 5.97 Å². The van der Waals surface area contributed by atoms with Crippen molar-refractivity contribution in [2.75, 3.05) is 7.11 Å². The Hall–Kier alpha value is -1.10. The van der Waals surface area contributed by atoms with Crippen LogP contribution >= 0.6 is 0 Å². The summed E-state index contributed by atoms with van der Waals surface area (Å²) in [4.78, 5) is 22.9. The number of carboxylic acid groups (broad SMARTS) is 1. The summed E-state index contributed by atoms with van der Waals surface area (Å²) in [5.74, 6) is -1.20. The largest absolute Gasteiger partial charge is 0.481 e. The number of rotatable bonds is 4. The van der Waals surface area contributed by atoms with Crippen LogP contribution in [0.25, 0.3) is 0 Å². The maximum atomic E-state index is 12.0. The fourth-order valence-electron chi connectivity index (χ4n) is 3.05. The smallest absolute Gasteiger partial charge is 0.306 e. The number of ether oxygens (including phenoxy) is 1. The molecule has 0 spiro atoms. The predicted octanol–water partition coefficient (Wildman–Crippen LogP) is 1.17. The number of carbonyl (C=O) groups excluding carboxylic acids is 1. The summed E-state index contributed by atoms with van der Waals surface area (Å²) in [6.45, 7) is 0. The molecule has 2 fully saturated rings. The van der Waals surface area contributed by atoms with Crippen LogP contribution in [0.1, 0.15) is 38.5 Å². The lowest BCUT2D eigenvalue weighted by molar-refractivity contribution is -0.141. The number of carbonyl (C=O) groups is 2. The second kappa shape index (κ2) is 5.69. The van der Waals surface area contributed by atoms with E-state index in [9.17, 15) is 9.59 Å². The number of aliphatic carboxylic acids is 1. The van der Waals surface area contributed by atoms with E-state index >= 15 is 0 Å². The minimum atomic E-state index is -0.773. The fraction of sp³-hybridized carbons (Fsp3) is 0.846. The SMILES string of the molecule is COC1CCC(NC(=O)[C@@H]2CC[C@H](C(=O)O)C2)C1. The molecule has 0 radical (unpaired) electrons. The third kappa shape index (κ3) is 3.02. The van der Waals surface area contributed by atoms with Gasteiger partial charge in [0.15, 0.2) is 0 Å². The summed E-state index contributed by atoms with van der Waals surface area (Å²) in [6, 6.07) is 0.200. The highest BCUT2D eigenvalue weighted by Gasteiger charge is 2.35. The second-order valence-corrected chi connectivity index (χ2v) is 5.42. The number of methoxy groups -OCH3 is 1. The van der Waals surface area contributed by atoms with Gasteiger partial charge in [0.1, 0.15) is 0 Å². The molecular formula is C13H21NO4. The summed E-state index contributed by atoms with van der Waals surface area (Å²) >= 11 is 0. The summed E-state index contributed by atoms with van der Waals surface area (Å²) in [5, 5.41) is 11.9. The van der Waals surface area contributed by atoms with Gasteiger partial charge in [-0.2, -0.15) is 0 Å². The number of hydrogen-bond donors (Lipinski definition) is 2. The van der Waals surface area contributed by atoms with Gasteiger partial charge in [0, 0.05) is 19.1 Å². The molecule has 18 heavy (non-hydrogen) atoms. The predicted molar refractivity (Wildman–Crippen MR) is 65.0 cm³/mol. The fourth-order valence-corrected chi connectivity index (χ4v) is 3.05. The van der Waals surface area contributed by atoms with Crippen molar-refractivity contribution < 1.29 is 19.4 Å². The molecule has 0 heterocycles. The van der Waals surface area contributed by atoms with Crippen molar-refractivity contribution in [1.29, 1.82) is 0 Å². The Balaban J connectivity index is 1.77. The second-order valence-electron chi connectivity index (χ2n) is 5.42. The van der Waals surface area contributed by atoms with Crippen LogP contribution in [-0.4, -0.2) is 36.2 Å². The average molecular weight is 255 g/mol. The van der Waals surface area contributed by atoms with Crippen LogP contribution in [0.4, 0.5) is 0 Å². The maximum Gasteiger partial charge on any atom is 0.306 e. The molecule has 0 bridgehead atoms. The average Bonchev–Trinajstić information content (AvgIpc) is 2.97. The Kier molecular flexibility index (Phi) is 4.22. The summed E-state index contributed by atoms with van der Waals surface area (Å²) in [5.41, 5.74) is 0. The van der Waals surface area contributed by atoms with E-state index in [1.54, 1.807) is 7.11 Å². The topological polar surface area (TPSA) is 75.6 Å². The first-order valence-corrected chi connectivity index (χ1v) is 6.66. The molecular weight excluding hydrogens is 234 g/mol. The van der Waals surface area contributed by atoms with Crippen LogP contribution in [0.15, 0.2) is 0 Å². The van der Waals surface area contributed by atoms with Crippen molar-refractivity contribution in [3.05, 3.63) is 0 Å². The van der Waals surface area contributed by atoms with Crippen molar-refractivity contribution in [3.63, 3.8) is 0 Å². The highest BCUT2D eigenvalue weighted by Crippen LogP contribution is 2.31. The van der Waals surface area contributed by atoms with Gasteiger partial charge in [-0.25, -0.2) is 0 Å². The number of carboxylic acids is 1. The maximum absolute atomic E-state index is 12.0. The van der Waals surface area contributed by atoms with Gasteiger partial charge in [0.25, 0.3) is 0 Å². The highest BCUT2D eigenvalue weighted by atomic mass is 16.5. The van der Waals surface area contributed by atoms with Gasteiger partial charge in [0.2, 0.25) is 5.91 Å². The van der Waals surface area contributed by atoms with Crippen molar-refractivity contribution in [1.82, 2.24) is 5.32 Å². The van der Waals surface area contributed by atoms with Crippen LogP contribution in [-0.2, 0) is 14.3 Å². The van der Waals surface area contributed by atoms with Crippen LogP contribution in [0.2, 0.25) is 0 Å². The molecule has 102 valence electrons. The zero-order chi connectivity index (χ0) is 13.1. The summed E-state index contributed by atoms with van der Waals surface area (Å²) in [7, 11) is 1.70. The molecule has 0 saturated heterocycles. The monoisotopic (exact) mass is 255 g/mol. The summed E-state index contributed by atoms with van der Waals surface area (Å²) < 4.78 is 5.27. The van der Waals surface area contributed by atoms with E-state index in [-0.39, 0.29) is 29.9 Å². The molecule has 0 aromatic carbocycles. The standard InChI is InChI=1S/C13H21NO4/c1-18-11-5-4-10(7-11)14-12(15)8-2-3-9(6-8)13(16)17/h8-11H,2-7H2,1H3,(H,14,15)(H,16,17)/t8-,9+,10?,11?/m1/s1. The van der Waals surface area contributed by atoms with Crippen LogP contribution in [0.5, 0.6) is 0 Å². The van der Waals surface area contributed by atoms with E-state index in [4.69, 9.17) is 9.84 Å². The molecule has 0 aromatic heterocycles. The zero-order valence-corrected chi connectivity index (χ0v) is 10.7. The van der Waals surface area contributed by atoms with Crippen LogP contribution in [0.3, 0.4) is 0 Å². The van der Waals surface area contributed by atoms with E-state index in [2.05, 4.69) is 5.32 Å². The normalized spacial score (nSPS) is 35.6. The van der Waals surface area contributed by atoms with Crippen LogP contribution < -0.4 is 5.32 Å². The molecule has 2 saturated carbocycles. The van der Waals surface area contributed by atoms with Crippen molar-refractivity contribution in [2.45, 2.75) is 50.7 Å². The van der Waals surface area contributed by atoms with Gasteiger partial charge in [-0.1, -0.05) is 0 Å². The Morgan fingerprint density at radius 3 is 2.39 bits per heavy atom. The van der Waals surface area contributed by atoms with Gasteiger partial charge in [0.05, 0.1) is 12.0 Å². The molecule has 5 nitrogen and oxygen atoms in total. The molecule has 2 aliphatic rings. The summed E-state index contributed by atoms with van der Waals surface area (Å²) in [6.07, 6.45) is 4.88. The van der Waals surface area contributed by atoms with E-state index in [0.717, 1.165) is 19.3 Å². The van der Waals surface area contributed by atoms with E-state index < -0.39 is 5.97 Å². The van der Waals surface area contributed by atoms with Gasteiger partial charge in [-0.15, -0.1) is 0 Å². The van der Waals surface area contributed by atoms with E-state index in [0.29, 0.717) is 19.3 Å². The Bertz CT molecular complexity index is 331. The first-order valence-electron chi connectivity index (χ1n) is 6.66. The van der Waals surface area contributed by atoms with Crippen molar-refractivity contribution in [2.24, 2.45) is 11.8 Å². The number of amides is 1. The minimum Gasteiger partial charge on any atom is -0.481 e. The van der Waals surface area contributed by atoms with Gasteiger partial charge in [-0.3, -0.25) is 9.59 Å². The molecule has 2 rings (SSSR count). The minimum absolute atomic E-state index is 0.0282. The third-order valence-electron chi connectivity index (χ3n) is 4.22. The lowest BCUT2D eigenvalue weighted by Crippen LogP contribution is -2.37. The third-order valence-corrected chi connectivity index (χ3v) is 4.22. The van der Waals surface area contributed by atoms with Crippen LogP contribution in [0, 0.1) is 11.8 Å². The molecule has 1 amide bonds. The van der Waals surface area contributed by atoms with Gasteiger partial charge in [-0.05, 0) is 38.5 Å². The molecule has 2 N–H and O–H groups in total. The molecule has 5 heteroatoms.